The SMILES string of the molecule is OCCCC(CCCCl)c1ccccc1. The van der Waals surface area contributed by atoms with Crippen molar-refractivity contribution in [1.29, 1.82) is 0 Å². The van der Waals surface area contributed by atoms with Gasteiger partial charge >= 0.3 is 0 Å². The van der Waals surface area contributed by atoms with Crippen molar-refractivity contribution in [3.05, 3.63) is 35.9 Å². The van der Waals surface area contributed by atoms with Crippen molar-refractivity contribution in [2.24, 2.45) is 0 Å². The van der Waals surface area contributed by atoms with Gasteiger partial charge in [-0.05, 0) is 37.2 Å². The van der Waals surface area contributed by atoms with Crippen LogP contribution in [0, 0.1) is 0 Å². The topological polar surface area (TPSA) is 20.2 Å². The Bertz CT molecular complexity index is 240. The fourth-order valence-electron chi connectivity index (χ4n) is 1.86. The second kappa shape index (κ2) is 7.72. The predicted octanol–water partition coefficient (Wildman–Crippen LogP) is 3.56. The number of benzene rings is 1. The summed E-state index contributed by atoms with van der Waals surface area (Å²) in [6.07, 6.45) is 4.10. The van der Waals surface area contributed by atoms with Crippen LogP contribution in [0.15, 0.2) is 30.3 Å². The molecule has 0 saturated carbocycles. The van der Waals surface area contributed by atoms with Gasteiger partial charge in [0.2, 0.25) is 0 Å². The first kappa shape index (κ1) is 12.5. The molecule has 0 heterocycles. The van der Waals surface area contributed by atoms with Crippen LogP contribution in [-0.2, 0) is 0 Å². The highest BCUT2D eigenvalue weighted by Crippen LogP contribution is 2.26. The lowest BCUT2D eigenvalue weighted by molar-refractivity contribution is 0.278. The van der Waals surface area contributed by atoms with Crippen LogP contribution in [0.3, 0.4) is 0 Å². The standard InChI is InChI=1S/C13H19ClO/c14-10-4-8-13(9-5-11-15)12-6-2-1-3-7-12/h1-3,6-7,13,15H,4-5,8-11H2. The van der Waals surface area contributed by atoms with E-state index in [0.717, 1.165) is 31.6 Å². The molecule has 1 atom stereocenters. The van der Waals surface area contributed by atoms with E-state index in [0.29, 0.717) is 5.92 Å². The minimum Gasteiger partial charge on any atom is -0.396 e. The van der Waals surface area contributed by atoms with Gasteiger partial charge in [0.15, 0.2) is 0 Å². The Morgan fingerprint density at radius 2 is 1.73 bits per heavy atom. The molecule has 1 unspecified atom stereocenters. The average Bonchev–Trinajstić information content (AvgIpc) is 2.30. The van der Waals surface area contributed by atoms with Gasteiger partial charge in [-0.15, -0.1) is 11.6 Å². The number of halogens is 1. The molecule has 0 amide bonds. The summed E-state index contributed by atoms with van der Waals surface area (Å²) in [6, 6.07) is 10.5. The fraction of sp³-hybridized carbons (Fsp3) is 0.538. The summed E-state index contributed by atoms with van der Waals surface area (Å²) in [5.41, 5.74) is 1.37. The van der Waals surface area contributed by atoms with E-state index in [2.05, 4.69) is 24.3 Å². The molecule has 1 N–H and O–H groups in total. The number of rotatable bonds is 7. The molecule has 0 saturated heterocycles. The van der Waals surface area contributed by atoms with Crippen LogP contribution in [0.4, 0.5) is 0 Å². The van der Waals surface area contributed by atoms with Crippen LogP contribution in [0.1, 0.15) is 37.2 Å². The smallest absolute Gasteiger partial charge is 0.0431 e. The highest BCUT2D eigenvalue weighted by Gasteiger charge is 2.09. The maximum atomic E-state index is 8.86. The lowest BCUT2D eigenvalue weighted by Crippen LogP contribution is -2.01. The monoisotopic (exact) mass is 226 g/mol. The van der Waals surface area contributed by atoms with Gasteiger partial charge in [-0.1, -0.05) is 30.3 Å². The molecule has 0 spiro atoms. The molecule has 15 heavy (non-hydrogen) atoms. The van der Waals surface area contributed by atoms with Gasteiger partial charge in [0.25, 0.3) is 0 Å². The van der Waals surface area contributed by atoms with E-state index in [1.54, 1.807) is 0 Å². The first-order valence-electron chi connectivity index (χ1n) is 5.60. The van der Waals surface area contributed by atoms with E-state index in [-0.39, 0.29) is 6.61 Å². The quantitative estimate of drug-likeness (QED) is 0.705. The zero-order valence-corrected chi connectivity index (χ0v) is 9.79. The van der Waals surface area contributed by atoms with Crippen molar-refractivity contribution in [1.82, 2.24) is 0 Å². The van der Waals surface area contributed by atoms with Gasteiger partial charge in [0.1, 0.15) is 0 Å². The van der Waals surface area contributed by atoms with Crippen molar-refractivity contribution in [2.75, 3.05) is 12.5 Å². The van der Waals surface area contributed by atoms with Gasteiger partial charge in [0, 0.05) is 12.5 Å². The van der Waals surface area contributed by atoms with E-state index in [1.807, 2.05) is 6.07 Å². The highest BCUT2D eigenvalue weighted by atomic mass is 35.5. The van der Waals surface area contributed by atoms with Crippen LogP contribution in [0.2, 0.25) is 0 Å². The molecule has 0 aliphatic rings. The summed E-state index contributed by atoms with van der Waals surface area (Å²) in [7, 11) is 0. The van der Waals surface area contributed by atoms with E-state index >= 15 is 0 Å². The normalized spacial score (nSPS) is 12.7. The zero-order chi connectivity index (χ0) is 10.9. The fourth-order valence-corrected chi connectivity index (χ4v) is 2.02. The third kappa shape index (κ3) is 4.67. The van der Waals surface area contributed by atoms with E-state index in [4.69, 9.17) is 16.7 Å². The van der Waals surface area contributed by atoms with Crippen LogP contribution in [0.5, 0.6) is 0 Å². The molecule has 0 aliphatic carbocycles. The third-order valence-corrected chi connectivity index (χ3v) is 2.94. The van der Waals surface area contributed by atoms with Crippen molar-refractivity contribution < 1.29 is 5.11 Å². The van der Waals surface area contributed by atoms with Gasteiger partial charge in [-0.2, -0.15) is 0 Å². The van der Waals surface area contributed by atoms with E-state index < -0.39 is 0 Å². The average molecular weight is 227 g/mol. The Morgan fingerprint density at radius 1 is 1.07 bits per heavy atom. The Labute approximate surface area is 97.1 Å². The van der Waals surface area contributed by atoms with Crippen molar-refractivity contribution >= 4 is 11.6 Å². The van der Waals surface area contributed by atoms with Crippen molar-refractivity contribution in [3.8, 4) is 0 Å². The maximum Gasteiger partial charge on any atom is 0.0431 e. The summed E-state index contributed by atoms with van der Waals surface area (Å²) in [4.78, 5) is 0. The molecule has 0 fully saturated rings. The van der Waals surface area contributed by atoms with E-state index in [9.17, 15) is 0 Å². The van der Waals surface area contributed by atoms with Gasteiger partial charge in [-0.3, -0.25) is 0 Å². The molecule has 1 aromatic rings. The molecule has 0 aliphatic heterocycles. The van der Waals surface area contributed by atoms with Gasteiger partial charge in [-0.25, -0.2) is 0 Å². The number of hydrogen-bond acceptors (Lipinski definition) is 1. The first-order chi connectivity index (χ1) is 7.38. The van der Waals surface area contributed by atoms with Crippen LogP contribution in [-0.4, -0.2) is 17.6 Å². The number of aliphatic hydroxyl groups is 1. The lowest BCUT2D eigenvalue weighted by Gasteiger charge is -2.16. The first-order valence-corrected chi connectivity index (χ1v) is 6.13. The molecule has 1 nitrogen and oxygen atoms in total. The van der Waals surface area contributed by atoms with Crippen LogP contribution >= 0.6 is 11.6 Å². The van der Waals surface area contributed by atoms with Crippen molar-refractivity contribution in [2.45, 2.75) is 31.6 Å². The summed E-state index contributed by atoms with van der Waals surface area (Å²) in [5.74, 6) is 1.28. The maximum absolute atomic E-state index is 8.86. The minimum atomic E-state index is 0.282. The molecule has 0 bridgehead atoms. The second-order valence-corrected chi connectivity index (χ2v) is 4.18. The summed E-state index contributed by atoms with van der Waals surface area (Å²) < 4.78 is 0. The van der Waals surface area contributed by atoms with E-state index in [1.165, 1.54) is 5.56 Å². The Morgan fingerprint density at radius 3 is 2.33 bits per heavy atom. The van der Waals surface area contributed by atoms with Crippen LogP contribution in [0.25, 0.3) is 0 Å². The molecule has 0 aromatic heterocycles. The predicted molar refractivity (Wildman–Crippen MR) is 65.5 cm³/mol. The molecule has 0 radical (unpaired) electrons. The molecule has 1 aromatic carbocycles. The number of alkyl halides is 1. The molecular formula is C13H19ClO. The lowest BCUT2D eigenvalue weighted by atomic mass is 9.90. The minimum absolute atomic E-state index is 0.282. The second-order valence-electron chi connectivity index (χ2n) is 3.80. The molecule has 2 heteroatoms. The van der Waals surface area contributed by atoms with Gasteiger partial charge < -0.3 is 5.11 Å². The Hall–Kier alpha value is -0.530. The number of aliphatic hydroxyl groups excluding tert-OH is 1. The Balaban J connectivity index is 2.55. The largest absolute Gasteiger partial charge is 0.396 e. The third-order valence-electron chi connectivity index (χ3n) is 2.67. The highest BCUT2D eigenvalue weighted by molar-refractivity contribution is 6.17. The molecule has 1 rings (SSSR count). The summed E-state index contributed by atoms with van der Waals surface area (Å²) in [6.45, 7) is 0.282. The van der Waals surface area contributed by atoms with Crippen LogP contribution < -0.4 is 0 Å². The molecular weight excluding hydrogens is 208 g/mol. The summed E-state index contributed by atoms with van der Waals surface area (Å²) >= 11 is 5.72. The van der Waals surface area contributed by atoms with Gasteiger partial charge in [0.05, 0.1) is 0 Å². The number of hydrogen-bond donors (Lipinski definition) is 1. The zero-order valence-electron chi connectivity index (χ0n) is 9.03. The molecule has 84 valence electrons. The van der Waals surface area contributed by atoms with Crippen molar-refractivity contribution in [3.63, 3.8) is 0 Å². The summed E-state index contributed by atoms with van der Waals surface area (Å²) in [5, 5.41) is 8.86. The Kier molecular flexibility index (Phi) is 6.45.